The van der Waals surface area contributed by atoms with E-state index >= 15 is 4.39 Å². The number of carboxylic acid groups (broad SMARTS) is 1. The Labute approximate surface area is 245 Å². The first-order valence-corrected chi connectivity index (χ1v) is 13.9. The Hall–Kier alpha value is -4.07. The second kappa shape index (κ2) is 13.5. The molecule has 43 heavy (non-hydrogen) atoms. The second-order valence-corrected chi connectivity index (χ2v) is 10.7. The molecule has 0 radical (unpaired) electrons. The molecule has 1 atom stereocenters. The standard InChI is InChI=1S/C29H33F4N5O5/c1-17-4-6-20(7-5-17)27(39)38(18(2)16-42-3)24-14-23(30)25(13-21(24)28(40)41)43-26-22(29(31,32)33)12-19(15-34-26)8-11-37-35-9-10-36-37/h9-10,12-15,17-18,20H,4-8,11,16H2,1-3H3,(H,40,41)/t17?,18-,20?/m0/s1. The fraction of sp³-hybridized carbons (Fsp3) is 0.483. The summed E-state index contributed by atoms with van der Waals surface area (Å²) in [6, 6.07) is 1.74. The average molecular weight is 608 g/mol. The Bertz CT molecular complexity index is 1430. The van der Waals surface area contributed by atoms with Gasteiger partial charge in [-0.1, -0.05) is 6.92 Å². The summed E-state index contributed by atoms with van der Waals surface area (Å²) in [5.41, 5.74) is -1.82. The molecule has 0 unspecified atom stereocenters. The first-order valence-electron chi connectivity index (χ1n) is 13.9. The van der Waals surface area contributed by atoms with Gasteiger partial charge < -0.3 is 19.5 Å². The van der Waals surface area contributed by atoms with Crippen molar-refractivity contribution in [1.82, 2.24) is 20.0 Å². The number of aryl methyl sites for hydroxylation is 2. The van der Waals surface area contributed by atoms with E-state index in [1.54, 1.807) is 6.92 Å². The number of carbonyl (C=O) groups excluding carboxylic acids is 1. The molecular formula is C29H33F4N5O5. The minimum atomic E-state index is -4.91. The molecule has 1 aromatic carbocycles. The molecule has 1 amide bonds. The summed E-state index contributed by atoms with van der Waals surface area (Å²) < 4.78 is 67.9. The van der Waals surface area contributed by atoms with Gasteiger partial charge >= 0.3 is 12.1 Å². The Kier molecular flexibility index (Phi) is 9.99. The zero-order valence-corrected chi connectivity index (χ0v) is 24.0. The SMILES string of the molecule is COC[C@H](C)N(C(=O)C1CCC(C)CC1)c1cc(F)c(Oc2ncc(CCn3nccn3)cc2C(F)(F)F)cc1C(=O)O. The molecule has 3 aromatic rings. The van der Waals surface area contributed by atoms with Crippen LogP contribution >= 0.6 is 0 Å². The summed E-state index contributed by atoms with van der Waals surface area (Å²) in [5.74, 6) is -4.73. The van der Waals surface area contributed by atoms with Gasteiger partial charge in [-0.25, -0.2) is 14.2 Å². The molecule has 1 N–H and O–H groups in total. The minimum absolute atomic E-state index is 0.0372. The molecule has 1 aliphatic carbocycles. The molecule has 1 fully saturated rings. The molecule has 0 saturated heterocycles. The number of alkyl halides is 3. The molecule has 2 aromatic heterocycles. The predicted molar refractivity (Wildman–Crippen MR) is 146 cm³/mol. The number of hydrogen-bond acceptors (Lipinski definition) is 7. The van der Waals surface area contributed by atoms with Crippen LogP contribution in [0, 0.1) is 17.7 Å². The van der Waals surface area contributed by atoms with Gasteiger partial charge in [0.1, 0.15) is 5.56 Å². The highest BCUT2D eigenvalue weighted by Gasteiger charge is 2.37. The lowest BCUT2D eigenvalue weighted by Gasteiger charge is -2.35. The van der Waals surface area contributed by atoms with Crippen LogP contribution in [-0.4, -0.2) is 56.7 Å². The number of halogens is 4. The lowest BCUT2D eigenvalue weighted by atomic mass is 9.82. The number of nitrogens with zero attached hydrogens (tertiary/aromatic N) is 5. The van der Waals surface area contributed by atoms with Crippen LogP contribution < -0.4 is 9.64 Å². The number of benzene rings is 1. The Morgan fingerprint density at radius 2 is 1.81 bits per heavy atom. The zero-order valence-electron chi connectivity index (χ0n) is 24.0. The number of ether oxygens (including phenoxy) is 2. The van der Waals surface area contributed by atoms with E-state index in [2.05, 4.69) is 22.1 Å². The number of hydrogen-bond donors (Lipinski definition) is 1. The monoisotopic (exact) mass is 607 g/mol. The number of anilines is 1. The van der Waals surface area contributed by atoms with Crippen LogP contribution in [0.4, 0.5) is 23.2 Å². The number of pyridine rings is 1. The highest BCUT2D eigenvalue weighted by molar-refractivity contribution is 6.03. The van der Waals surface area contributed by atoms with Gasteiger partial charge in [0.25, 0.3) is 0 Å². The van der Waals surface area contributed by atoms with E-state index in [1.165, 1.54) is 29.2 Å². The van der Waals surface area contributed by atoms with Crippen LogP contribution in [0.25, 0.3) is 0 Å². The number of amides is 1. The maximum absolute atomic E-state index is 15.5. The molecule has 0 spiro atoms. The van der Waals surface area contributed by atoms with Gasteiger partial charge in [0.2, 0.25) is 11.8 Å². The third kappa shape index (κ3) is 7.66. The Balaban J connectivity index is 1.69. The van der Waals surface area contributed by atoms with Crippen LogP contribution in [0.15, 0.2) is 36.8 Å². The molecular weight excluding hydrogens is 574 g/mol. The van der Waals surface area contributed by atoms with Crippen molar-refractivity contribution in [3.63, 3.8) is 0 Å². The Morgan fingerprint density at radius 3 is 2.42 bits per heavy atom. The van der Waals surface area contributed by atoms with Gasteiger partial charge in [0.15, 0.2) is 11.6 Å². The van der Waals surface area contributed by atoms with E-state index in [0.29, 0.717) is 18.8 Å². The van der Waals surface area contributed by atoms with Crippen molar-refractivity contribution in [2.75, 3.05) is 18.6 Å². The summed E-state index contributed by atoms with van der Waals surface area (Å²) in [6.45, 7) is 3.97. The van der Waals surface area contributed by atoms with Crippen molar-refractivity contribution in [2.24, 2.45) is 11.8 Å². The molecule has 0 aliphatic heterocycles. The van der Waals surface area contributed by atoms with Gasteiger partial charge in [-0.3, -0.25) is 4.79 Å². The number of rotatable bonds is 11. The van der Waals surface area contributed by atoms with E-state index in [1.807, 2.05) is 0 Å². The van der Waals surface area contributed by atoms with Gasteiger partial charge in [-0.15, -0.1) is 0 Å². The van der Waals surface area contributed by atoms with Crippen molar-refractivity contribution in [1.29, 1.82) is 0 Å². The van der Waals surface area contributed by atoms with Gasteiger partial charge in [0, 0.05) is 31.4 Å². The molecule has 4 rings (SSSR count). The quantitative estimate of drug-likeness (QED) is 0.274. The van der Waals surface area contributed by atoms with Crippen molar-refractivity contribution in [2.45, 2.75) is 64.7 Å². The van der Waals surface area contributed by atoms with E-state index in [9.17, 15) is 27.9 Å². The number of carbonyl (C=O) groups is 2. The van der Waals surface area contributed by atoms with Crippen molar-refractivity contribution < 1.29 is 41.7 Å². The Morgan fingerprint density at radius 1 is 1.14 bits per heavy atom. The van der Waals surface area contributed by atoms with E-state index in [4.69, 9.17) is 9.47 Å². The normalized spacial score (nSPS) is 17.8. The molecule has 2 heterocycles. The lowest BCUT2D eigenvalue weighted by Crippen LogP contribution is -2.46. The smallest absolute Gasteiger partial charge is 0.421 e. The van der Waals surface area contributed by atoms with Crippen molar-refractivity contribution >= 4 is 17.6 Å². The molecule has 232 valence electrons. The van der Waals surface area contributed by atoms with E-state index in [0.717, 1.165) is 37.2 Å². The topological polar surface area (TPSA) is 120 Å². The fourth-order valence-corrected chi connectivity index (χ4v) is 5.19. The maximum Gasteiger partial charge on any atom is 0.421 e. The zero-order chi connectivity index (χ0) is 31.3. The van der Waals surface area contributed by atoms with Crippen LogP contribution in [0.1, 0.15) is 61.0 Å². The summed E-state index contributed by atoms with van der Waals surface area (Å²) in [6.07, 6.45) is 2.08. The van der Waals surface area contributed by atoms with Gasteiger partial charge in [-0.05, 0) is 56.6 Å². The van der Waals surface area contributed by atoms with Gasteiger partial charge in [0.05, 0.1) is 42.8 Å². The largest absolute Gasteiger partial charge is 0.478 e. The number of carboxylic acids is 1. The third-order valence-corrected chi connectivity index (χ3v) is 7.48. The van der Waals surface area contributed by atoms with Crippen LogP contribution in [0.2, 0.25) is 0 Å². The summed E-state index contributed by atoms with van der Waals surface area (Å²) in [5, 5.41) is 17.8. The summed E-state index contributed by atoms with van der Waals surface area (Å²) >= 11 is 0. The first-order chi connectivity index (χ1) is 20.4. The number of methoxy groups -OCH3 is 1. The number of aromatic carboxylic acids is 1. The highest BCUT2D eigenvalue weighted by Crippen LogP contribution is 2.40. The molecule has 10 nitrogen and oxygen atoms in total. The van der Waals surface area contributed by atoms with Crippen LogP contribution in [0.3, 0.4) is 0 Å². The highest BCUT2D eigenvalue weighted by atomic mass is 19.4. The van der Waals surface area contributed by atoms with E-state index in [-0.39, 0.29) is 36.7 Å². The van der Waals surface area contributed by atoms with Crippen molar-refractivity contribution in [3.05, 3.63) is 59.3 Å². The molecule has 1 saturated carbocycles. The molecule has 1 aliphatic rings. The molecule has 0 bridgehead atoms. The van der Waals surface area contributed by atoms with Crippen LogP contribution in [-0.2, 0) is 28.7 Å². The summed E-state index contributed by atoms with van der Waals surface area (Å²) in [7, 11) is 1.42. The van der Waals surface area contributed by atoms with Gasteiger partial charge in [-0.2, -0.15) is 28.2 Å². The average Bonchev–Trinajstić information content (AvgIpc) is 3.47. The van der Waals surface area contributed by atoms with Crippen LogP contribution in [0.5, 0.6) is 11.6 Å². The summed E-state index contributed by atoms with van der Waals surface area (Å²) in [4.78, 5) is 32.3. The fourth-order valence-electron chi connectivity index (χ4n) is 5.19. The minimum Gasteiger partial charge on any atom is -0.478 e. The first kappa shape index (κ1) is 31.9. The third-order valence-electron chi connectivity index (χ3n) is 7.48. The lowest BCUT2D eigenvalue weighted by molar-refractivity contribution is -0.139. The maximum atomic E-state index is 15.5. The molecule has 14 heteroatoms. The number of aromatic nitrogens is 4. The second-order valence-electron chi connectivity index (χ2n) is 10.7. The van der Waals surface area contributed by atoms with E-state index < -0.39 is 52.7 Å². The van der Waals surface area contributed by atoms with Crippen molar-refractivity contribution in [3.8, 4) is 11.6 Å². The predicted octanol–water partition coefficient (Wildman–Crippen LogP) is 5.76.